The Hall–Kier alpha value is -1.82. The maximum atomic E-state index is 13.2. The Morgan fingerprint density at radius 2 is 2.07 bits per heavy atom. The van der Waals surface area contributed by atoms with E-state index < -0.39 is 0 Å². The van der Waals surface area contributed by atoms with Crippen LogP contribution in [0.5, 0.6) is 5.88 Å². The Morgan fingerprint density at radius 3 is 2.81 bits per heavy atom. The van der Waals surface area contributed by atoms with Crippen LogP contribution in [0.1, 0.15) is 24.8 Å². The zero-order valence-corrected chi connectivity index (χ0v) is 16.5. The van der Waals surface area contributed by atoms with Gasteiger partial charge < -0.3 is 14.8 Å². The van der Waals surface area contributed by atoms with Crippen molar-refractivity contribution in [2.24, 2.45) is 11.8 Å². The van der Waals surface area contributed by atoms with Crippen molar-refractivity contribution in [3.63, 3.8) is 0 Å². The monoisotopic (exact) mass is 406 g/mol. The molecule has 2 fully saturated rings. The zero-order chi connectivity index (χ0) is 19.1. The third-order valence-electron chi connectivity index (χ3n) is 5.48. The second kappa shape index (κ2) is 7.30. The first kappa shape index (κ1) is 18.5. The van der Waals surface area contributed by atoms with Gasteiger partial charge in [0.15, 0.2) is 0 Å². The summed E-state index contributed by atoms with van der Waals surface area (Å²) >= 11 is 12.0. The number of anilines is 1. The lowest BCUT2D eigenvalue weighted by atomic mass is 9.71. The molecule has 0 saturated carbocycles. The second-order valence-electron chi connectivity index (χ2n) is 7.15. The minimum Gasteiger partial charge on any atom is -0.481 e. The fourth-order valence-electron chi connectivity index (χ4n) is 4.27. The first-order chi connectivity index (χ1) is 13.0. The van der Waals surface area contributed by atoms with E-state index in [0.717, 1.165) is 12.0 Å². The highest BCUT2D eigenvalue weighted by Gasteiger charge is 2.56. The van der Waals surface area contributed by atoms with Gasteiger partial charge in [0.1, 0.15) is 0 Å². The van der Waals surface area contributed by atoms with Gasteiger partial charge in [-0.15, -0.1) is 0 Å². The highest BCUT2D eigenvalue weighted by molar-refractivity contribution is 6.42. The van der Waals surface area contributed by atoms with Gasteiger partial charge in [-0.25, -0.2) is 4.98 Å². The molecule has 2 saturated heterocycles. The highest BCUT2D eigenvalue weighted by atomic mass is 35.5. The lowest BCUT2D eigenvalue weighted by molar-refractivity contribution is -0.122. The molecule has 1 N–H and O–H groups in total. The predicted octanol–water partition coefficient (Wildman–Crippen LogP) is 4.54. The molecular weight excluding hydrogens is 387 g/mol. The number of pyridine rings is 1. The van der Waals surface area contributed by atoms with E-state index in [4.69, 9.17) is 32.7 Å². The number of fused-ring (bicyclic) bond motifs is 2. The van der Waals surface area contributed by atoms with Crippen LogP contribution in [0, 0.1) is 11.8 Å². The van der Waals surface area contributed by atoms with E-state index in [2.05, 4.69) is 17.2 Å². The Bertz CT molecular complexity index is 876. The number of carbonyl (C=O) groups excluding carboxylic acids is 1. The fourth-order valence-corrected chi connectivity index (χ4v) is 4.57. The van der Waals surface area contributed by atoms with Crippen molar-refractivity contribution in [2.45, 2.75) is 31.5 Å². The molecule has 2 aliphatic heterocycles. The Morgan fingerprint density at radius 1 is 1.26 bits per heavy atom. The van der Waals surface area contributed by atoms with Crippen molar-refractivity contribution in [3.05, 3.63) is 52.1 Å². The number of methoxy groups -OCH3 is 1. The number of nitrogens with one attached hydrogen (secondary N) is 1. The molecule has 0 spiro atoms. The van der Waals surface area contributed by atoms with E-state index >= 15 is 0 Å². The number of hydrogen-bond donors (Lipinski definition) is 1. The van der Waals surface area contributed by atoms with Crippen molar-refractivity contribution in [2.75, 3.05) is 12.4 Å². The average Bonchev–Trinajstić information content (AvgIpc) is 3.21. The normalized spacial score (nSPS) is 29.0. The molecule has 5 nitrogen and oxygen atoms in total. The molecule has 2 bridgehead atoms. The van der Waals surface area contributed by atoms with E-state index in [-0.39, 0.29) is 30.0 Å². The zero-order valence-electron chi connectivity index (χ0n) is 15.0. The molecule has 0 aliphatic carbocycles. The van der Waals surface area contributed by atoms with Crippen molar-refractivity contribution >= 4 is 34.8 Å². The SMILES string of the molecule is COc1cc(C2C3CC(C)C(O3)C2C(=O)Nc2ccc(Cl)c(Cl)c2)ccn1. The van der Waals surface area contributed by atoms with Gasteiger partial charge in [0, 0.05) is 23.9 Å². The van der Waals surface area contributed by atoms with Gasteiger partial charge in [-0.05, 0) is 42.2 Å². The van der Waals surface area contributed by atoms with Gasteiger partial charge in [-0.2, -0.15) is 0 Å². The summed E-state index contributed by atoms with van der Waals surface area (Å²) in [6, 6.07) is 8.89. The fraction of sp³-hybridized carbons (Fsp3) is 0.400. The number of rotatable bonds is 4. The lowest BCUT2D eigenvalue weighted by Crippen LogP contribution is -2.39. The van der Waals surface area contributed by atoms with Crippen LogP contribution < -0.4 is 10.1 Å². The number of aromatic nitrogens is 1. The maximum absolute atomic E-state index is 13.2. The minimum atomic E-state index is -0.291. The molecule has 5 atom stereocenters. The van der Waals surface area contributed by atoms with Crippen LogP contribution in [-0.4, -0.2) is 30.2 Å². The summed E-state index contributed by atoms with van der Waals surface area (Å²) in [5.41, 5.74) is 1.63. The largest absolute Gasteiger partial charge is 0.481 e. The van der Waals surface area contributed by atoms with Crippen LogP contribution in [0.2, 0.25) is 10.0 Å². The lowest BCUT2D eigenvalue weighted by Gasteiger charge is -2.30. The molecule has 4 rings (SSSR count). The van der Waals surface area contributed by atoms with Gasteiger partial charge in [0.2, 0.25) is 11.8 Å². The minimum absolute atomic E-state index is 0.0154. The molecule has 142 valence electrons. The van der Waals surface area contributed by atoms with E-state index in [1.807, 2.05) is 12.1 Å². The molecule has 1 aromatic heterocycles. The number of benzene rings is 1. The molecular formula is C20H20Cl2N2O3. The first-order valence-electron chi connectivity index (χ1n) is 8.89. The quantitative estimate of drug-likeness (QED) is 0.809. The smallest absolute Gasteiger partial charge is 0.230 e. The summed E-state index contributed by atoms with van der Waals surface area (Å²) < 4.78 is 11.4. The molecule has 27 heavy (non-hydrogen) atoms. The van der Waals surface area contributed by atoms with Crippen LogP contribution >= 0.6 is 23.2 Å². The summed E-state index contributed by atoms with van der Waals surface area (Å²) in [6.45, 7) is 2.13. The van der Waals surface area contributed by atoms with Gasteiger partial charge in [0.25, 0.3) is 0 Å². The number of halogens is 2. The maximum Gasteiger partial charge on any atom is 0.230 e. The molecule has 2 aromatic rings. The number of hydrogen-bond acceptors (Lipinski definition) is 4. The van der Waals surface area contributed by atoms with Crippen molar-refractivity contribution < 1.29 is 14.3 Å². The number of carbonyl (C=O) groups is 1. The van der Waals surface area contributed by atoms with Gasteiger partial charge in [-0.3, -0.25) is 4.79 Å². The molecule has 1 amide bonds. The molecule has 2 aliphatic rings. The topological polar surface area (TPSA) is 60.5 Å². The van der Waals surface area contributed by atoms with Gasteiger partial charge >= 0.3 is 0 Å². The van der Waals surface area contributed by atoms with Crippen LogP contribution in [-0.2, 0) is 9.53 Å². The molecule has 0 radical (unpaired) electrons. The van der Waals surface area contributed by atoms with Crippen LogP contribution in [0.3, 0.4) is 0 Å². The van der Waals surface area contributed by atoms with E-state index in [1.165, 1.54) is 0 Å². The molecule has 3 heterocycles. The second-order valence-corrected chi connectivity index (χ2v) is 7.97. The van der Waals surface area contributed by atoms with Crippen molar-refractivity contribution in [1.82, 2.24) is 4.98 Å². The number of ether oxygens (including phenoxy) is 2. The first-order valence-corrected chi connectivity index (χ1v) is 9.65. The summed E-state index contributed by atoms with van der Waals surface area (Å²) in [5, 5.41) is 3.83. The van der Waals surface area contributed by atoms with E-state index in [9.17, 15) is 4.79 Å². The summed E-state index contributed by atoms with van der Waals surface area (Å²) in [6.07, 6.45) is 2.55. The standard InChI is InChI=1S/C20H20Cl2N2O3/c1-10-7-15-17(11-5-6-23-16(8-11)26-2)18(19(10)27-15)20(25)24-12-3-4-13(21)14(22)9-12/h3-6,8-10,15,17-19H,7H2,1-2H3,(H,24,25). The Labute approximate surface area is 168 Å². The van der Waals surface area contributed by atoms with Crippen LogP contribution in [0.25, 0.3) is 0 Å². The van der Waals surface area contributed by atoms with E-state index in [0.29, 0.717) is 27.5 Å². The van der Waals surface area contributed by atoms with Gasteiger partial charge in [0.05, 0.1) is 35.3 Å². The Kier molecular flexibility index (Phi) is 5.01. The van der Waals surface area contributed by atoms with Crippen molar-refractivity contribution in [1.29, 1.82) is 0 Å². The third-order valence-corrected chi connectivity index (χ3v) is 6.22. The Balaban J connectivity index is 1.63. The van der Waals surface area contributed by atoms with Crippen LogP contribution in [0.4, 0.5) is 5.69 Å². The van der Waals surface area contributed by atoms with Gasteiger partial charge in [-0.1, -0.05) is 30.1 Å². The summed E-state index contributed by atoms with van der Waals surface area (Å²) in [5.74, 6) is 0.464. The number of nitrogens with zero attached hydrogens (tertiary/aromatic N) is 1. The molecule has 7 heteroatoms. The molecule has 1 aromatic carbocycles. The third kappa shape index (κ3) is 3.40. The highest BCUT2D eigenvalue weighted by Crippen LogP contribution is 2.51. The van der Waals surface area contributed by atoms with Crippen molar-refractivity contribution in [3.8, 4) is 5.88 Å². The number of amides is 1. The summed E-state index contributed by atoms with van der Waals surface area (Å²) in [7, 11) is 1.58. The van der Waals surface area contributed by atoms with Crippen LogP contribution in [0.15, 0.2) is 36.5 Å². The average molecular weight is 407 g/mol. The summed E-state index contributed by atoms with van der Waals surface area (Å²) in [4.78, 5) is 17.3. The predicted molar refractivity (Wildman–Crippen MR) is 105 cm³/mol. The molecule has 5 unspecified atom stereocenters. The van der Waals surface area contributed by atoms with E-state index in [1.54, 1.807) is 31.5 Å².